The summed E-state index contributed by atoms with van der Waals surface area (Å²) >= 11 is 0. The van der Waals surface area contributed by atoms with Crippen molar-refractivity contribution in [2.75, 3.05) is 19.8 Å². The second kappa shape index (κ2) is 37.7. The van der Waals surface area contributed by atoms with Crippen LogP contribution in [-0.4, -0.2) is 241 Å². The van der Waals surface area contributed by atoms with Gasteiger partial charge >= 0.3 is 18.0 Å². The first-order valence-electron chi connectivity index (χ1n) is 36.7. The molecule has 26 atom stereocenters. The van der Waals surface area contributed by atoms with Crippen LogP contribution in [-0.2, 0) is 63.5 Å². The average molecular weight is 1440 g/mol. The molecule has 6 rings (SSSR count). The molecule has 101 heavy (non-hydrogen) atoms. The molecule has 28 heteroatoms. The summed E-state index contributed by atoms with van der Waals surface area (Å²) < 4.78 is 62.1. The van der Waals surface area contributed by atoms with E-state index in [9.17, 15) is 75.0 Å². The van der Waals surface area contributed by atoms with E-state index in [1.165, 1.54) is 59.3 Å². The number of rotatable bonds is 36. The van der Waals surface area contributed by atoms with Crippen LogP contribution < -0.4 is 25.4 Å². The third-order valence-corrected chi connectivity index (χ3v) is 22.1. The van der Waals surface area contributed by atoms with Gasteiger partial charge in [0.2, 0.25) is 5.91 Å². The lowest BCUT2D eigenvalue weighted by Gasteiger charge is -2.54. The zero-order valence-corrected chi connectivity index (χ0v) is 62.3. The van der Waals surface area contributed by atoms with Crippen LogP contribution in [0.25, 0.3) is 0 Å². The number of aryl methyl sites for hydroxylation is 1. The molecule has 13 N–H and O–H groups in total. The Bertz CT molecular complexity index is 2830. The molecule has 5 aliphatic heterocycles. The number of aliphatic hydroxyl groups excluding tert-OH is 8. The molecule has 0 aromatic heterocycles. The van der Waals surface area contributed by atoms with Gasteiger partial charge in [-0.3, -0.25) is 9.59 Å². The molecule has 0 spiro atoms. The first-order valence-corrected chi connectivity index (χ1v) is 36.7. The third-order valence-electron chi connectivity index (χ3n) is 22.1. The third kappa shape index (κ3) is 21.4. The van der Waals surface area contributed by atoms with Gasteiger partial charge in [0.05, 0.1) is 49.7 Å². The minimum atomic E-state index is -2.15. The van der Waals surface area contributed by atoms with Crippen LogP contribution in [0.3, 0.4) is 0 Å². The number of carboxylic acid groups (broad SMARTS) is 2. The summed E-state index contributed by atoms with van der Waals surface area (Å²) in [5, 5.41) is 121. The van der Waals surface area contributed by atoms with Crippen LogP contribution in [0.5, 0.6) is 11.5 Å². The summed E-state index contributed by atoms with van der Waals surface area (Å²) in [6.07, 6.45) is -22.5. The maximum atomic E-state index is 14.5. The molecular formula is C73H123N3O25. The van der Waals surface area contributed by atoms with E-state index in [1.54, 1.807) is 19.9 Å². The highest BCUT2D eigenvalue weighted by molar-refractivity contribution is 5.86. The maximum Gasteiger partial charge on any atom is 0.405 e. The molecule has 28 nitrogen and oxygen atoms in total. The minimum Gasteiger partial charge on any atom is -0.487 e. The molecule has 0 bridgehead atoms. The fourth-order valence-corrected chi connectivity index (χ4v) is 15.0. The quantitative estimate of drug-likeness (QED) is 0.0304. The van der Waals surface area contributed by atoms with Crippen molar-refractivity contribution in [3.05, 3.63) is 22.8 Å². The van der Waals surface area contributed by atoms with Crippen LogP contribution in [0.15, 0.2) is 6.07 Å². The Morgan fingerprint density at radius 1 is 0.653 bits per heavy atom. The van der Waals surface area contributed by atoms with Gasteiger partial charge in [-0.2, -0.15) is 0 Å². The fourth-order valence-electron chi connectivity index (χ4n) is 15.0. The smallest absolute Gasteiger partial charge is 0.405 e. The number of esters is 1. The van der Waals surface area contributed by atoms with Gasteiger partial charge in [0.25, 0.3) is 5.91 Å². The van der Waals surface area contributed by atoms with Crippen LogP contribution in [0.2, 0.25) is 0 Å². The standard InChI is InChI=1S/C73H123N3O25/c1-17-23-40(9)92-60-53(83)55(85)68(99-62(60)66(87)74-33-48(80)94-45-32-39(8)57-44(41(45)10)29-31-72(15,101-57)30-22-28-38(7)27-21-26-37(6)25-20-24-36(4)5)98-59-50(76-70(90)91)65(96-47(35-78)52(59)82)73(16,19-3)42(11)93-61-54(84)56(86)69(100-63(61)67(88)89)97-58-49(75-43(12)79)64(71(13,14)18-2)95-46(34-77)51(58)81/h32,36-38,40,42,46-47,49-56,58-65,68-69,76-78,81-86H,17-31,33-35H2,1-16H3,(H,74,87)(H,75,79)(H,88,89)(H,90,91)/t37?,38?,40?,42?,46-,47?,49?,50?,51-,52-,53?,54?,55?,56?,58?,59?,60+,61+,62?,63?,64-,65-,68-,69-,72?,73?/m1/s1. The van der Waals surface area contributed by atoms with Crippen molar-refractivity contribution < 1.29 is 122 Å². The van der Waals surface area contributed by atoms with Gasteiger partial charge in [-0.1, -0.05) is 121 Å². The van der Waals surface area contributed by atoms with Crippen LogP contribution >= 0.6 is 0 Å². The van der Waals surface area contributed by atoms with Crippen LogP contribution in [0.4, 0.5) is 4.79 Å². The van der Waals surface area contributed by atoms with Gasteiger partial charge in [0, 0.05) is 17.9 Å². The number of hydrogen-bond acceptors (Lipinski definition) is 23. The number of aliphatic carboxylic acids is 1. The second-order valence-corrected chi connectivity index (χ2v) is 31.0. The molecule has 17 unspecified atom stereocenters. The predicted octanol–water partition coefficient (Wildman–Crippen LogP) is 5.18. The average Bonchev–Trinajstić information content (AvgIpc) is 0.759. The van der Waals surface area contributed by atoms with Crippen molar-refractivity contribution in [1.29, 1.82) is 0 Å². The number of hydrogen-bond donors (Lipinski definition) is 13. The fraction of sp³-hybridized carbons (Fsp3) is 0.849. The molecule has 4 saturated heterocycles. The van der Waals surface area contributed by atoms with Crippen LogP contribution in [0.1, 0.15) is 204 Å². The summed E-state index contributed by atoms with van der Waals surface area (Å²) in [4.78, 5) is 67.0. The number of carboxylic acids is 1. The number of amides is 3. The molecule has 0 saturated carbocycles. The lowest BCUT2D eigenvalue weighted by molar-refractivity contribution is -0.344. The van der Waals surface area contributed by atoms with Crippen molar-refractivity contribution in [1.82, 2.24) is 16.0 Å². The summed E-state index contributed by atoms with van der Waals surface area (Å²) in [7, 11) is 0. The number of ether oxygens (including phenoxy) is 10. The van der Waals surface area contributed by atoms with Crippen molar-refractivity contribution in [3.63, 3.8) is 0 Å². The molecule has 1 aromatic rings. The molecule has 3 amide bonds. The van der Waals surface area contributed by atoms with Gasteiger partial charge in [-0.25, -0.2) is 14.4 Å². The van der Waals surface area contributed by atoms with E-state index in [1.807, 2.05) is 41.5 Å². The Labute approximate surface area is 595 Å². The monoisotopic (exact) mass is 1440 g/mol. The predicted molar refractivity (Wildman–Crippen MR) is 367 cm³/mol. The Morgan fingerprint density at radius 2 is 1.18 bits per heavy atom. The van der Waals surface area contributed by atoms with E-state index >= 15 is 0 Å². The lowest BCUT2D eigenvalue weighted by atomic mass is 9.70. The van der Waals surface area contributed by atoms with Gasteiger partial charge in [0.15, 0.2) is 24.8 Å². The number of fused-ring (bicyclic) bond motifs is 1. The zero-order valence-electron chi connectivity index (χ0n) is 62.3. The summed E-state index contributed by atoms with van der Waals surface area (Å²) in [6.45, 7) is 27.6. The molecule has 580 valence electrons. The van der Waals surface area contributed by atoms with Crippen LogP contribution in [0, 0.1) is 42.4 Å². The topological polar surface area (TPSA) is 416 Å². The first-order chi connectivity index (χ1) is 47.4. The van der Waals surface area contributed by atoms with Crippen molar-refractivity contribution in [2.24, 2.45) is 28.6 Å². The molecule has 4 fully saturated rings. The van der Waals surface area contributed by atoms with Gasteiger partial charge in [0.1, 0.15) is 96.9 Å². The van der Waals surface area contributed by atoms with Gasteiger partial charge in [-0.15, -0.1) is 0 Å². The minimum absolute atomic E-state index is 0.0421. The summed E-state index contributed by atoms with van der Waals surface area (Å²) in [5.74, 6) is -1.03. The Hall–Kier alpha value is -4.47. The number of carbonyl (C=O) groups excluding carboxylic acids is 3. The Balaban J connectivity index is 1.17. The SMILES string of the molecule is CCCC(C)O[C@@H]1C(C(=O)NCC(=O)Oc2cc(C)c3c(c2C)CCC(C)(CCCC(C)CCCC(C)CCCC(C)C)O3)O[C@@H](OC2C(NC(=O)O)[C@H](C(C)(CC)C(C)O[C@@H]3C(C(=O)O)O[C@@H](OC4C(NC(C)=O)[C@H](C(C)(C)CC)O[C@H](CO)[C@H]4O)C(O)C3O)OC(CO)[C@H]2O)C(O)C1O. The molecule has 5 heterocycles. The Morgan fingerprint density at radius 3 is 1.68 bits per heavy atom. The molecule has 0 aliphatic carbocycles. The second-order valence-electron chi connectivity index (χ2n) is 31.0. The number of benzene rings is 1. The largest absolute Gasteiger partial charge is 0.487 e. The number of aliphatic hydroxyl groups is 8. The molecular weight excluding hydrogens is 1320 g/mol. The molecule has 1 aromatic carbocycles. The highest BCUT2D eigenvalue weighted by atomic mass is 16.7. The maximum absolute atomic E-state index is 14.5. The van der Waals surface area contributed by atoms with E-state index < -0.39 is 195 Å². The Kier molecular flexibility index (Phi) is 31.9. The van der Waals surface area contributed by atoms with Crippen molar-refractivity contribution in [2.45, 2.75) is 347 Å². The number of nitrogens with one attached hydrogen (secondary N) is 3. The number of carbonyl (C=O) groups is 5. The zero-order chi connectivity index (χ0) is 75.3. The lowest BCUT2D eigenvalue weighted by Crippen LogP contribution is -2.72. The van der Waals surface area contributed by atoms with E-state index in [0.717, 1.165) is 54.4 Å². The molecule has 5 aliphatic rings. The van der Waals surface area contributed by atoms with E-state index in [-0.39, 0.29) is 17.8 Å². The molecule has 0 radical (unpaired) electrons. The van der Waals surface area contributed by atoms with Crippen molar-refractivity contribution in [3.8, 4) is 11.5 Å². The van der Waals surface area contributed by atoms with Crippen molar-refractivity contribution >= 4 is 29.8 Å². The van der Waals surface area contributed by atoms with Gasteiger partial charge in [-0.05, 0) is 120 Å². The van der Waals surface area contributed by atoms with Gasteiger partial charge < -0.3 is 114 Å². The highest BCUT2D eigenvalue weighted by Crippen LogP contribution is 2.46. The van der Waals surface area contributed by atoms with E-state index in [4.69, 9.17) is 47.4 Å². The summed E-state index contributed by atoms with van der Waals surface area (Å²) in [6, 6.07) is -1.18. The normalized spacial score (nSPS) is 34.1. The first kappa shape index (κ1) is 85.5. The summed E-state index contributed by atoms with van der Waals surface area (Å²) in [5.41, 5.74) is -0.308. The van der Waals surface area contributed by atoms with E-state index in [0.29, 0.717) is 37.2 Å². The highest BCUT2D eigenvalue weighted by Gasteiger charge is 2.60. The van der Waals surface area contributed by atoms with E-state index in [2.05, 4.69) is 50.6 Å².